The maximum absolute atomic E-state index is 13.6. The second-order valence-electron chi connectivity index (χ2n) is 7.28. The van der Waals surface area contributed by atoms with Crippen LogP contribution in [0.15, 0.2) is 101 Å². The number of anilines is 1. The van der Waals surface area contributed by atoms with Gasteiger partial charge in [0, 0.05) is 28.4 Å². The van der Waals surface area contributed by atoms with Crippen LogP contribution >= 0.6 is 11.6 Å². The van der Waals surface area contributed by atoms with Crippen LogP contribution in [0.4, 0.5) is 5.69 Å². The summed E-state index contributed by atoms with van der Waals surface area (Å²) in [5.41, 5.74) is 5.24. The van der Waals surface area contributed by atoms with Crippen LogP contribution in [0.3, 0.4) is 0 Å². The van der Waals surface area contributed by atoms with Crippen molar-refractivity contribution in [2.45, 2.75) is 6.04 Å². The average Bonchev–Trinajstić information content (AvgIpc) is 2.93. The maximum Gasteiger partial charge on any atom is 0.275 e. The van der Waals surface area contributed by atoms with E-state index in [4.69, 9.17) is 16.6 Å². The second-order valence-corrected chi connectivity index (χ2v) is 7.71. The standard InChI is InChI=1S/C25H20ClN3O/c26-19-13-11-17(12-14-19)22-21-23(28-16-15-27-22)25(30)29(20-9-5-2-6-10-20)24(21)18-7-3-1-4-8-18/h1-14,24,28H,15-16H2/t24-/m0/s1. The third-order valence-corrected chi connectivity index (χ3v) is 5.69. The minimum atomic E-state index is -0.267. The molecule has 0 fully saturated rings. The molecule has 1 atom stereocenters. The lowest BCUT2D eigenvalue weighted by molar-refractivity contribution is -0.115. The van der Waals surface area contributed by atoms with Crippen molar-refractivity contribution in [1.29, 1.82) is 0 Å². The number of carbonyl (C=O) groups is 1. The van der Waals surface area contributed by atoms with Gasteiger partial charge in [0.25, 0.3) is 5.91 Å². The summed E-state index contributed by atoms with van der Waals surface area (Å²) in [4.78, 5) is 20.4. The first-order chi connectivity index (χ1) is 14.7. The van der Waals surface area contributed by atoms with Crippen LogP contribution < -0.4 is 10.2 Å². The first kappa shape index (κ1) is 18.6. The van der Waals surface area contributed by atoms with E-state index in [1.54, 1.807) is 0 Å². The molecule has 5 heteroatoms. The molecule has 0 spiro atoms. The molecule has 30 heavy (non-hydrogen) atoms. The summed E-state index contributed by atoms with van der Waals surface area (Å²) < 4.78 is 0. The lowest BCUT2D eigenvalue weighted by atomic mass is 9.91. The number of halogens is 1. The zero-order chi connectivity index (χ0) is 20.5. The first-order valence-corrected chi connectivity index (χ1v) is 10.3. The Hall–Kier alpha value is -3.37. The van der Waals surface area contributed by atoms with Gasteiger partial charge in [-0.2, -0.15) is 0 Å². The second kappa shape index (κ2) is 7.81. The fourth-order valence-corrected chi connectivity index (χ4v) is 4.26. The predicted molar refractivity (Wildman–Crippen MR) is 121 cm³/mol. The van der Waals surface area contributed by atoms with Crippen LogP contribution in [0, 0.1) is 0 Å². The van der Waals surface area contributed by atoms with Crippen LogP contribution in [-0.4, -0.2) is 24.7 Å². The molecule has 4 nitrogen and oxygen atoms in total. The van der Waals surface area contributed by atoms with Crippen molar-refractivity contribution >= 4 is 28.9 Å². The fourth-order valence-electron chi connectivity index (χ4n) is 4.13. The Kier molecular flexibility index (Phi) is 4.85. The van der Waals surface area contributed by atoms with E-state index >= 15 is 0 Å². The number of hydrogen-bond donors (Lipinski definition) is 1. The smallest absolute Gasteiger partial charge is 0.275 e. The number of rotatable bonds is 3. The molecule has 0 radical (unpaired) electrons. The van der Waals surface area contributed by atoms with Crippen LogP contribution in [0.5, 0.6) is 0 Å². The molecule has 1 N–H and O–H groups in total. The average molecular weight is 414 g/mol. The Labute approximate surface area is 180 Å². The van der Waals surface area contributed by atoms with Crippen molar-refractivity contribution in [3.05, 3.63) is 112 Å². The van der Waals surface area contributed by atoms with Gasteiger partial charge in [-0.15, -0.1) is 0 Å². The van der Waals surface area contributed by atoms with Gasteiger partial charge in [-0.05, 0) is 29.8 Å². The van der Waals surface area contributed by atoms with E-state index in [-0.39, 0.29) is 11.9 Å². The van der Waals surface area contributed by atoms with Gasteiger partial charge in [0.2, 0.25) is 0 Å². The number of aliphatic imine (C=N–C) groups is 1. The Morgan fingerprint density at radius 1 is 0.900 bits per heavy atom. The summed E-state index contributed by atoms with van der Waals surface area (Å²) in [6, 6.07) is 27.3. The normalized spacial score (nSPS) is 18.6. The van der Waals surface area contributed by atoms with E-state index in [9.17, 15) is 4.79 Å². The number of nitrogens with zero attached hydrogens (tertiary/aromatic N) is 2. The van der Waals surface area contributed by atoms with Crippen molar-refractivity contribution < 1.29 is 4.79 Å². The molecule has 0 unspecified atom stereocenters. The molecule has 3 aromatic carbocycles. The molecule has 2 aliphatic rings. The molecule has 1 amide bonds. The number of nitrogens with one attached hydrogen (secondary N) is 1. The highest BCUT2D eigenvalue weighted by atomic mass is 35.5. The van der Waals surface area contributed by atoms with E-state index in [1.165, 1.54) is 0 Å². The minimum Gasteiger partial charge on any atom is -0.378 e. The van der Waals surface area contributed by atoms with Crippen molar-refractivity contribution in [2.75, 3.05) is 18.0 Å². The molecular weight excluding hydrogens is 394 g/mol. The van der Waals surface area contributed by atoms with Crippen molar-refractivity contribution in [3.8, 4) is 0 Å². The third-order valence-electron chi connectivity index (χ3n) is 5.44. The molecule has 2 heterocycles. The Balaban J connectivity index is 1.72. The van der Waals surface area contributed by atoms with E-state index in [0.29, 0.717) is 23.8 Å². The van der Waals surface area contributed by atoms with Gasteiger partial charge in [-0.1, -0.05) is 72.3 Å². The topological polar surface area (TPSA) is 44.7 Å². The Morgan fingerprint density at radius 2 is 1.57 bits per heavy atom. The zero-order valence-corrected chi connectivity index (χ0v) is 17.0. The lowest BCUT2D eigenvalue weighted by Gasteiger charge is -2.28. The molecule has 0 saturated carbocycles. The number of para-hydroxylation sites is 1. The predicted octanol–water partition coefficient (Wildman–Crippen LogP) is 4.77. The zero-order valence-electron chi connectivity index (χ0n) is 16.3. The van der Waals surface area contributed by atoms with Gasteiger partial charge in [0.15, 0.2) is 0 Å². The third kappa shape index (κ3) is 3.19. The van der Waals surface area contributed by atoms with Gasteiger partial charge in [0.05, 0.1) is 18.3 Å². The molecule has 148 valence electrons. The quantitative estimate of drug-likeness (QED) is 0.671. The van der Waals surface area contributed by atoms with Gasteiger partial charge in [-0.3, -0.25) is 14.7 Å². The van der Waals surface area contributed by atoms with Crippen LogP contribution in [0.25, 0.3) is 0 Å². The van der Waals surface area contributed by atoms with Gasteiger partial charge < -0.3 is 5.32 Å². The highest BCUT2D eigenvalue weighted by Crippen LogP contribution is 2.42. The van der Waals surface area contributed by atoms with E-state index in [0.717, 1.165) is 28.1 Å². The molecular formula is C25H20ClN3O. The monoisotopic (exact) mass is 413 g/mol. The summed E-state index contributed by atoms with van der Waals surface area (Å²) in [5.74, 6) is -0.0337. The summed E-state index contributed by atoms with van der Waals surface area (Å²) in [7, 11) is 0. The number of benzene rings is 3. The number of amides is 1. The lowest BCUT2D eigenvalue weighted by Crippen LogP contribution is -2.33. The molecule has 3 aromatic rings. The summed E-state index contributed by atoms with van der Waals surface area (Å²) >= 11 is 6.12. The molecule has 0 saturated heterocycles. The summed E-state index contributed by atoms with van der Waals surface area (Å²) in [6.07, 6.45) is 0. The number of carbonyl (C=O) groups excluding carboxylic acids is 1. The SMILES string of the molecule is O=C1C2=C(C(c3ccc(Cl)cc3)=NCCN2)[C@H](c2ccccc2)N1c1ccccc1. The molecule has 0 aromatic heterocycles. The molecule has 2 aliphatic heterocycles. The van der Waals surface area contributed by atoms with Crippen LogP contribution in [0.1, 0.15) is 17.2 Å². The summed E-state index contributed by atoms with van der Waals surface area (Å²) in [5, 5.41) is 4.03. The van der Waals surface area contributed by atoms with Gasteiger partial charge in [0.1, 0.15) is 5.70 Å². The fraction of sp³-hybridized carbons (Fsp3) is 0.120. The largest absolute Gasteiger partial charge is 0.378 e. The van der Waals surface area contributed by atoms with Crippen molar-refractivity contribution in [1.82, 2.24) is 5.32 Å². The van der Waals surface area contributed by atoms with Crippen LogP contribution in [-0.2, 0) is 4.79 Å². The maximum atomic E-state index is 13.6. The molecule has 5 rings (SSSR count). The van der Waals surface area contributed by atoms with E-state index in [1.807, 2.05) is 77.7 Å². The van der Waals surface area contributed by atoms with Crippen molar-refractivity contribution in [3.63, 3.8) is 0 Å². The van der Waals surface area contributed by atoms with E-state index < -0.39 is 0 Å². The highest BCUT2D eigenvalue weighted by molar-refractivity contribution is 6.31. The summed E-state index contributed by atoms with van der Waals surface area (Å²) in [6.45, 7) is 1.22. The minimum absolute atomic E-state index is 0.0337. The van der Waals surface area contributed by atoms with Crippen LogP contribution in [0.2, 0.25) is 5.02 Å². The first-order valence-electron chi connectivity index (χ1n) is 9.96. The van der Waals surface area contributed by atoms with Gasteiger partial charge >= 0.3 is 0 Å². The van der Waals surface area contributed by atoms with Gasteiger partial charge in [-0.25, -0.2) is 0 Å². The molecule has 0 aliphatic carbocycles. The number of hydrogen-bond acceptors (Lipinski definition) is 3. The van der Waals surface area contributed by atoms with Crippen molar-refractivity contribution in [2.24, 2.45) is 4.99 Å². The molecule has 0 bridgehead atoms. The highest BCUT2D eigenvalue weighted by Gasteiger charge is 2.43. The Morgan fingerprint density at radius 3 is 2.27 bits per heavy atom. The Bertz CT molecular complexity index is 1140. The van der Waals surface area contributed by atoms with E-state index in [2.05, 4.69) is 17.4 Å².